The lowest BCUT2D eigenvalue weighted by Crippen LogP contribution is -2.38. The van der Waals surface area contributed by atoms with Gasteiger partial charge in [-0.15, -0.1) is 0 Å². The lowest BCUT2D eigenvalue weighted by atomic mass is 9.96. The van der Waals surface area contributed by atoms with E-state index in [1.165, 1.54) is 18.6 Å². The van der Waals surface area contributed by atoms with Crippen LogP contribution in [-0.4, -0.2) is 27.4 Å². The molecule has 0 saturated heterocycles. The molecule has 1 aliphatic rings. The maximum Gasteiger partial charge on any atom is 0.319 e. The quantitative estimate of drug-likeness (QED) is 0.418. The van der Waals surface area contributed by atoms with Gasteiger partial charge in [0.25, 0.3) is 0 Å². The first-order valence-electron chi connectivity index (χ1n) is 6.38. The summed E-state index contributed by atoms with van der Waals surface area (Å²) in [6.45, 7) is 0. The van der Waals surface area contributed by atoms with E-state index < -0.39 is 17.2 Å². The zero-order chi connectivity index (χ0) is 13.8. The number of phenolic OH excluding ortho intramolecular Hbond substituents is 3. The van der Waals surface area contributed by atoms with E-state index in [4.69, 9.17) is 0 Å². The third-order valence-electron chi connectivity index (χ3n) is 3.27. The van der Waals surface area contributed by atoms with Crippen molar-refractivity contribution in [2.45, 2.75) is 38.1 Å². The van der Waals surface area contributed by atoms with Gasteiger partial charge in [-0.3, -0.25) is 0 Å². The topological polar surface area (TPSA) is 102 Å². The van der Waals surface area contributed by atoms with Gasteiger partial charge in [0.05, 0.1) is 5.69 Å². The van der Waals surface area contributed by atoms with Crippen LogP contribution in [0.15, 0.2) is 12.1 Å². The summed E-state index contributed by atoms with van der Waals surface area (Å²) in [4.78, 5) is 11.7. The highest BCUT2D eigenvalue weighted by molar-refractivity contribution is 5.90. The van der Waals surface area contributed by atoms with Gasteiger partial charge in [-0.2, -0.15) is 0 Å². The number of hydrogen-bond donors (Lipinski definition) is 5. The first kappa shape index (κ1) is 13.3. The molecule has 0 radical (unpaired) electrons. The molecule has 0 atom stereocenters. The number of rotatable bonds is 2. The summed E-state index contributed by atoms with van der Waals surface area (Å²) >= 11 is 0. The molecule has 0 aliphatic heterocycles. The highest BCUT2D eigenvalue weighted by Crippen LogP contribution is 2.37. The summed E-state index contributed by atoms with van der Waals surface area (Å²) in [7, 11) is 0. The van der Waals surface area contributed by atoms with E-state index in [1.54, 1.807) is 0 Å². The number of hydrogen-bond acceptors (Lipinski definition) is 4. The number of phenols is 3. The summed E-state index contributed by atoms with van der Waals surface area (Å²) in [5.41, 5.74) is 0.223. The Morgan fingerprint density at radius 1 is 1.05 bits per heavy atom. The first-order chi connectivity index (χ1) is 9.06. The minimum Gasteiger partial charge on any atom is -0.504 e. The second-order valence-corrected chi connectivity index (χ2v) is 4.80. The van der Waals surface area contributed by atoms with Gasteiger partial charge in [-0.05, 0) is 12.8 Å². The smallest absolute Gasteiger partial charge is 0.319 e. The average Bonchev–Trinajstić information content (AvgIpc) is 2.37. The lowest BCUT2D eigenvalue weighted by Gasteiger charge is -2.22. The molecule has 6 nitrogen and oxygen atoms in total. The van der Waals surface area contributed by atoms with Crippen LogP contribution in [0.5, 0.6) is 17.2 Å². The second kappa shape index (κ2) is 5.69. The number of carbonyl (C=O) groups excluding carboxylic acids is 1. The highest BCUT2D eigenvalue weighted by Gasteiger charge is 2.16. The van der Waals surface area contributed by atoms with E-state index in [-0.39, 0.29) is 17.8 Å². The van der Waals surface area contributed by atoms with Crippen LogP contribution in [0.25, 0.3) is 0 Å². The van der Waals surface area contributed by atoms with E-state index in [0.29, 0.717) is 0 Å². The van der Waals surface area contributed by atoms with Gasteiger partial charge in [-0.25, -0.2) is 4.79 Å². The molecule has 2 rings (SSSR count). The number of carbonyl (C=O) groups is 1. The number of amides is 2. The Morgan fingerprint density at radius 3 is 2.21 bits per heavy atom. The summed E-state index contributed by atoms with van der Waals surface area (Å²) < 4.78 is 0. The zero-order valence-corrected chi connectivity index (χ0v) is 10.5. The van der Waals surface area contributed by atoms with Crippen LogP contribution in [0.2, 0.25) is 0 Å². The van der Waals surface area contributed by atoms with Gasteiger partial charge in [0, 0.05) is 18.2 Å². The van der Waals surface area contributed by atoms with Gasteiger partial charge in [-0.1, -0.05) is 19.3 Å². The Labute approximate surface area is 111 Å². The summed E-state index contributed by atoms with van der Waals surface area (Å²) in [5, 5.41) is 33.2. The van der Waals surface area contributed by atoms with Crippen LogP contribution in [0.3, 0.4) is 0 Å². The van der Waals surface area contributed by atoms with Crippen molar-refractivity contribution >= 4 is 11.7 Å². The second-order valence-electron chi connectivity index (χ2n) is 4.80. The van der Waals surface area contributed by atoms with Crippen molar-refractivity contribution in [1.29, 1.82) is 0 Å². The van der Waals surface area contributed by atoms with Crippen LogP contribution in [0.1, 0.15) is 32.1 Å². The zero-order valence-electron chi connectivity index (χ0n) is 10.5. The normalized spacial score (nSPS) is 16.0. The minimum atomic E-state index is -0.599. The van der Waals surface area contributed by atoms with Crippen LogP contribution in [-0.2, 0) is 0 Å². The molecule has 1 aliphatic carbocycles. The molecule has 0 heterocycles. The standard InChI is InChI=1S/C13H18N2O4/c16-10-6-9(7-11(17)12(10)18)15-13(19)14-8-4-2-1-3-5-8/h6-8,16-18H,1-5H2,(H2,14,15,19). The molecule has 104 valence electrons. The number of nitrogens with one attached hydrogen (secondary N) is 2. The molecular weight excluding hydrogens is 248 g/mol. The van der Waals surface area contributed by atoms with E-state index in [1.807, 2.05) is 0 Å². The van der Waals surface area contributed by atoms with Crippen molar-refractivity contribution in [2.24, 2.45) is 0 Å². The average molecular weight is 266 g/mol. The summed E-state index contributed by atoms with van der Waals surface area (Å²) in [5.74, 6) is -1.56. The molecule has 0 unspecified atom stereocenters. The van der Waals surface area contributed by atoms with E-state index in [2.05, 4.69) is 10.6 Å². The fourth-order valence-corrected chi connectivity index (χ4v) is 2.28. The molecule has 1 aromatic carbocycles. The third-order valence-corrected chi connectivity index (χ3v) is 3.27. The maximum absolute atomic E-state index is 11.7. The SMILES string of the molecule is O=C(Nc1cc(O)c(O)c(O)c1)NC1CCCCC1. The molecule has 19 heavy (non-hydrogen) atoms. The van der Waals surface area contributed by atoms with Crippen molar-refractivity contribution in [3.05, 3.63) is 12.1 Å². The summed E-state index contributed by atoms with van der Waals surface area (Å²) in [6.07, 6.45) is 5.38. The largest absolute Gasteiger partial charge is 0.504 e. The third kappa shape index (κ3) is 3.43. The highest BCUT2D eigenvalue weighted by atomic mass is 16.3. The predicted octanol–water partition coefficient (Wildman–Crippen LogP) is 2.26. The van der Waals surface area contributed by atoms with Gasteiger partial charge in [0.2, 0.25) is 0 Å². The Morgan fingerprint density at radius 2 is 1.63 bits per heavy atom. The Kier molecular flexibility index (Phi) is 3.99. The Bertz CT molecular complexity index is 447. The van der Waals surface area contributed by atoms with Crippen LogP contribution in [0, 0.1) is 0 Å². The molecule has 6 heteroatoms. The first-order valence-corrected chi connectivity index (χ1v) is 6.38. The van der Waals surface area contributed by atoms with E-state index in [9.17, 15) is 20.1 Å². The van der Waals surface area contributed by atoms with Gasteiger partial charge in [0.15, 0.2) is 17.2 Å². The molecule has 1 fully saturated rings. The molecular formula is C13H18N2O4. The van der Waals surface area contributed by atoms with Gasteiger partial charge < -0.3 is 26.0 Å². The Balaban J connectivity index is 1.94. The van der Waals surface area contributed by atoms with Gasteiger partial charge >= 0.3 is 6.03 Å². The van der Waals surface area contributed by atoms with Crippen LogP contribution >= 0.6 is 0 Å². The fraction of sp³-hybridized carbons (Fsp3) is 0.462. The van der Waals surface area contributed by atoms with Crippen LogP contribution in [0.4, 0.5) is 10.5 Å². The number of anilines is 1. The Hall–Kier alpha value is -2.11. The minimum absolute atomic E-state index is 0.174. The van der Waals surface area contributed by atoms with E-state index >= 15 is 0 Å². The van der Waals surface area contributed by atoms with Crippen molar-refractivity contribution in [3.63, 3.8) is 0 Å². The molecule has 1 saturated carbocycles. The van der Waals surface area contributed by atoms with E-state index in [0.717, 1.165) is 25.7 Å². The van der Waals surface area contributed by atoms with Crippen molar-refractivity contribution in [3.8, 4) is 17.2 Å². The lowest BCUT2D eigenvalue weighted by molar-refractivity contribution is 0.244. The fourth-order valence-electron chi connectivity index (χ4n) is 2.28. The van der Waals surface area contributed by atoms with Crippen molar-refractivity contribution in [2.75, 3.05) is 5.32 Å². The maximum atomic E-state index is 11.7. The molecule has 0 aromatic heterocycles. The van der Waals surface area contributed by atoms with Gasteiger partial charge in [0.1, 0.15) is 0 Å². The molecule has 1 aromatic rings. The number of urea groups is 1. The predicted molar refractivity (Wildman–Crippen MR) is 70.5 cm³/mol. The van der Waals surface area contributed by atoms with Crippen molar-refractivity contribution < 1.29 is 20.1 Å². The number of benzene rings is 1. The van der Waals surface area contributed by atoms with Crippen molar-refractivity contribution in [1.82, 2.24) is 5.32 Å². The molecule has 0 bridgehead atoms. The molecule has 2 amide bonds. The number of aromatic hydroxyl groups is 3. The summed E-state index contributed by atoms with van der Waals surface area (Å²) in [6, 6.07) is 2.15. The molecule has 5 N–H and O–H groups in total. The van der Waals surface area contributed by atoms with Crippen LogP contribution < -0.4 is 10.6 Å². The molecule has 0 spiro atoms. The monoisotopic (exact) mass is 266 g/mol.